The van der Waals surface area contributed by atoms with E-state index in [9.17, 15) is 4.79 Å². The van der Waals surface area contributed by atoms with Crippen LogP contribution >= 0.6 is 0 Å². The van der Waals surface area contributed by atoms with E-state index in [0.29, 0.717) is 5.69 Å². The average molecular weight is 271 g/mol. The molecule has 0 fully saturated rings. The Bertz CT molecular complexity index is 684. The van der Waals surface area contributed by atoms with Gasteiger partial charge in [-0.2, -0.15) is 0 Å². The van der Waals surface area contributed by atoms with E-state index in [1.165, 1.54) is 5.56 Å². The summed E-state index contributed by atoms with van der Waals surface area (Å²) < 4.78 is 0. The summed E-state index contributed by atoms with van der Waals surface area (Å²) in [7, 11) is 0. The number of benzene rings is 1. The van der Waals surface area contributed by atoms with Gasteiger partial charge in [0, 0.05) is 5.39 Å². The molecule has 3 N–H and O–H groups in total. The smallest absolute Gasteiger partial charge is 0.283 e. The zero-order valence-corrected chi connectivity index (χ0v) is 12.7. The molecule has 4 nitrogen and oxygen atoms in total. The highest BCUT2D eigenvalue weighted by Crippen LogP contribution is 2.31. The number of rotatable bonds is 1. The lowest BCUT2D eigenvalue weighted by Crippen LogP contribution is -2.31. The van der Waals surface area contributed by atoms with Gasteiger partial charge < -0.3 is 0 Å². The maximum Gasteiger partial charge on any atom is 0.283 e. The highest BCUT2D eigenvalue weighted by molar-refractivity contribution is 5.96. The van der Waals surface area contributed by atoms with E-state index in [2.05, 4.69) is 50.2 Å². The van der Waals surface area contributed by atoms with Gasteiger partial charge in [0.25, 0.3) is 5.91 Å². The van der Waals surface area contributed by atoms with Crippen molar-refractivity contribution in [3.8, 4) is 0 Å². The van der Waals surface area contributed by atoms with Crippen molar-refractivity contribution in [2.45, 2.75) is 40.0 Å². The molecule has 0 radical (unpaired) electrons. The van der Waals surface area contributed by atoms with Crippen LogP contribution in [0.1, 0.15) is 48.0 Å². The first-order chi connectivity index (χ1) is 9.24. The van der Waals surface area contributed by atoms with E-state index in [4.69, 9.17) is 5.84 Å². The van der Waals surface area contributed by atoms with Gasteiger partial charge in [-0.25, -0.2) is 10.8 Å². The van der Waals surface area contributed by atoms with Gasteiger partial charge in [0.05, 0.1) is 5.52 Å². The quantitative estimate of drug-likeness (QED) is 0.476. The van der Waals surface area contributed by atoms with Crippen molar-refractivity contribution in [1.82, 2.24) is 10.4 Å². The molecule has 0 atom stereocenters. The van der Waals surface area contributed by atoms with E-state index in [1.807, 2.05) is 6.92 Å². The molecular formula is C16H21N3O. The fourth-order valence-corrected chi connectivity index (χ4v) is 2.40. The molecule has 0 saturated heterocycles. The van der Waals surface area contributed by atoms with Crippen LogP contribution in [0.25, 0.3) is 10.9 Å². The molecule has 2 rings (SSSR count). The van der Waals surface area contributed by atoms with Crippen molar-refractivity contribution in [1.29, 1.82) is 0 Å². The lowest BCUT2D eigenvalue weighted by Gasteiger charge is -2.22. The van der Waals surface area contributed by atoms with Crippen LogP contribution < -0.4 is 11.3 Å². The van der Waals surface area contributed by atoms with Crippen LogP contribution in [0.5, 0.6) is 0 Å². The van der Waals surface area contributed by atoms with Crippen molar-refractivity contribution >= 4 is 16.8 Å². The number of fused-ring (bicyclic) bond motifs is 1. The number of aromatic nitrogens is 1. The maximum atomic E-state index is 11.7. The number of carbonyl (C=O) groups excluding carboxylic acids is 1. The maximum absolute atomic E-state index is 11.7. The van der Waals surface area contributed by atoms with Crippen LogP contribution in [0.3, 0.4) is 0 Å². The first kappa shape index (κ1) is 14.5. The monoisotopic (exact) mass is 271 g/mol. The molecule has 1 aromatic carbocycles. The standard InChI is InChI=1S/C16H21N3O/c1-9-6-11-10(2)8-13(15(20)19-17)18-14(11)12(7-9)16(3,4)5/h6-8H,17H2,1-5H3,(H,19,20). The Hall–Kier alpha value is -1.94. The van der Waals surface area contributed by atoms with Crippen LogP contribution in [0.2, 0.25) is 0 Å². The number of carbonyl (C=O) groups is 1. The minimum Gasteiger partial charge on any atom is -0.289 e. The number of nitrogens with one attached hydrogen (secondary N) is 1. The summed E-state index contributed by atoms with van der Waals surface area (Å²) in [5.74, 6) is 4.84. The van der Waals surface area contributed by atoms with E-state index in [-0.39, 0.29) is 11.3 Å². The SMILES string of the molecule is Cc1cc(C(C)(C)C)c2nc(C(=O)NN)cc(C)c2c1. The Kier molecular flexibility index (Phi) is 3.52. The van der Waals surface area contributed by atoms with E-state index < -0.39 is 0 Å². The third-order valence-corrected chi connectivity index (χ3v) is 3.44. The number of hydrazine groups is 1. The number of hydrogen-bond donors (Lipinski definition) is 2. The third kappa shape index (κ3) is 2.51. The zero-order chi connectivity index (χ0) is 15.1. The summed E-state index contributed by atoms with van der Waals surface area (Å²) in [5, 5.41) is 1.09. The Morgan fingerprint density at radius 2 is 1.85 bits per heavy atom. The Balaban J connectivity index is 2.86. The molecule has 0 unspecified atom stereocenters. The molecule has 1 amide bonds. The number of hydrogen-bond acceptors (Lipinski definition) is 3. The first-order valence-corrected chi connectivity index (χ1v) is 6.67. The fourth-order valence-electron chi connectivity index (χ4n) is 2.40. The Morgan fingerprint density at radius 1 is 1.20 bits per heavy atom. The predicted octanol–water partition coefficient (Wildman–Crippen LogP) is 2.75. The normalized spacial score (nSPS) is 11.7. The second kappa shape index (κ2) is 4.87. The molecule has 0 aliphatic heterocycles. The molecular weight excluding hydrogens is 250 g/mol. The van der Waals surface area contributed by atoms with Crippen molar-refractivity contribution in [3.05, 3.63) is 40.6 Å². The van der Waals surface area contributed by atoms with Gasteiger partial charge in [-0.3, -0.25) is 10.2 Å². The van der Waals surface area contributed by atoms with Crippen molar-refractivity contribution < 1.29 is 4.79 Å². The summed E-state index contributed by atoms with van der Waals surface area (Å²) in [4.78, 5) is 16.3. The third-order valence-electron chi connectivity index (χ3n) is 3.44. The molecule has 1 heterocycles. The van der Waals surface area contributed by atoms with Crippen molar-refractivity contribution in [2.75, 3.05) is 0 Å². The zero-order valence-electron chi connectivity index (χ0n) is 12.7. The lowest BCUT2D eigenvalue weighted by molar-refractivity contribution is 0.0949. The Labute approximate surface area is 119 Å². The van der Waals surface area contributed by atoms with Crippen molar-refractivity contribution in [3.63, 3.8) is 0 Å². The number of aryl methyl sites for hydroxylation is 2. The summed E-state index contributed by atoms with van der Waals surface area (Å²) in [6, 6.07) is 6.02. The number of nitrogens with two attached hydrogens (primary N) is 1. The number of amides is 1. The average Bonchev–Trinajstić information content (AvgIpc) is 2.36. The van der Waals surface area contributed by atoms with Gasteiger partial charge in [-0.05, 0) is 42.5 Å². The second-order valence-electron chi connectivity index (χ2n) is 6.26. The van der Waals surface area contributed by atoms with Gasteiger partial charge >= 0.3 is 0 Å². The van der Waals surface area contributed by atoms with Crippen LogP contribution in [0.15, 0.2) is 18.2 Å². The molecule has 2 aromatic rings. The predicted molar refractivity (Wildman–Crippen MR) is 81.6 cm³/mol. The largest absolute Gasteiger partial charge is 0.289 e. The number of nitrogens with zero attached hydrogens (tertiary/aromatic N) is 1. The van der Waals surface area contributed by atoms with Crippen LogP contribution in [-0.2, 0) is 5.41 Å². The molecule has 0 bridgehead atoms. The fraction of sp³-hybridized carbons (Fsp3) is 0.375. The van der Waals surface area contributed by atoms with Crippen molar-refractivity contribution in [2.24, 2.45) is 5.84 Å². The minimum atomic E-state index is -0.365. The van der Waals surface area contributed by atoms with Gasteiger partial charge in [0.15, 0.2) is 0 Å². The molecule has 0 saturated carbocycles. The molecule has 1 aromatic heterocycles. The van der Waals surface area contributed by atoms with Gasteiger partial charge in [0.1, 0.15) is 5.69 Å². The molecule has 0 aliphatic rings. The summed E-state index contributed by atoms with van der Waals surface area (Å²) in [6.07, 6.45) is 0. The van der Waals surface area contributed by atoms with E-state index in [0.717, 1.165) is 22.0 Å². The summed E-state index contributed by atoms with van der Waals surface area (Å²) in [5.41, 5.74) is 6.70. The summed E-state index contributed by atoms with van der Waals surface area (Å²) in [6.45, 7) is 10.5. The molecule has 106 valence electrons. The molecule has 20 heavy (non-hydrogen) atoms. The molecule has 0 aliphatic carbocycles. The van der Waals surface area contributed by atoms with Gasteiger partial charge in [-0.15, -0.1) is 0 Å². The van der Waals surface area contributed by atoms with Gasteiger partial charge in [0.2, 0.25) is 0 Å². The minimum absolute atomic E-state index is 0.0402. The highest BCUT2D eigenvalue weighted by atomic mass is 16.2. The Morgan fingerprint density at radius 3 is 2.40 bits per heavy atom. The van der Waals surface area contributed by atoms with E-state index in [1.54, 1.807) is 6.07 Å². The molecule has 4 heteroatoms. The number of nitrogen functional groups attached to an aromatic ring is 1. The lowest BCUT2D eigenvalue weighted by atomic mass is 9.84. The second-order valence-corrected chi connectivity index (χ2v) is 6.26. The van der Waals surface area contributed by atoms with Crippen LogP contribution in [0, 0.1) is 13.8 Å². The number of pyridine rings is 1. The van der Waals surface area contributed by atoms with E-state index >= 15 is 0 Å². The van der Waals surface area contributed by atoms with Crippen LogP contribution in [0.4, 0.5) is 0 Å². The summed E-state index contributed by atoms with van der Waals surface area (Å²) >= 11 is 0. The first-order valence-electron chi connectivity index (χ1n) is 6.67. The highest BCUT2D eigenvalue weighted by Gasteiger charge is 2.20. The topological polar surface area (TPSA) is 68.0 Å². The van der Waals surface area contributed by atoms with Gasteiger partial charge in [-0.1, -0.05) is 32.4 Å². The molecule has 0 spiro atoms. The van der Waals surface area contributed by atoms with Crippen LogP contribution in [-0.4, -0.2) is 10.9 Å².